The van der Waals surface area contributed by atoms with E-state index in [-0.39, 0.29) is 30.5 Å². The second-order valence-electron chi connectivity index (χ2n) is 6.40. The fraction of sp³-hybridized carbons (Fsp3) is 0.368. The van der Waals surface area contributed by atoms with Gasteiger partial charge >= 0.3 is 6.18 Å². The largest absolute Gasteiger partial charge is 0.459 e. The van der Waals surface area contributed by atoms with Crippen LogP contribution in [0.4, 0.5) is 18.9 Å². The zero-order chi connectivity index (χ0) is 20.1. The Bertz CT molecular complexity index is 813. The monoisotopic (exact) mass is 395 g/mol. The zero-order valence-corrected chi connectivity index (χ0v) is 15.0. The molecule has 0 saturated carbocycles. The highest BCUT2D eigenvalue weighted by atomic mass is 19.4. The van der Waals surface area contributed by atoms with E-state index in [1.807, 2.05) is 4.90 Å². The van der Waals surface area contributed by atoms with Gasteiger partial charge in [0.1, 0.15) is 0 Å². The summed E-state index contributed by atoms with van der Waals surface area (Å²) in [5.74, 6) is -0.308. The van der Waals surface area contributed by atoms with E-state index in [9.17, 15) is 22.8 Å². The summed E-state index contributed by atoms with van der Waals surface area (Å²) < 4.78 is 43.6. The number of alkyl halides is 3. The van der Waals surface area contributed by atoms with Crippen molar-refractivity contribution in [2.45, 2.75) is 12.6 Å². The second-order valence-corrected chi connectivity index (χ2v) is 6.40. The Hall–Kier alpha value is -2.97. The summed E-state index contributed by atoms with van der Waals surface area (Å²) in [7, 11) is 0. The SMILES string of the molecule is O=C(NCCC(=O)N1CCN(c2cccc(C(F)(F)F)c2)CC1)c1ccco1. The predicted octanol–water partition coefficient (Wildman–Crippen LogP) is 2.77. The lowest BCUT2D eigenvalue weighted by Crippen LogP contribution is -2.49. The summed E-state index contributed by atoms with van der Waals surface area (Å²) in [5, 5.41) is 2.61. The van der Waals surface area contributed by atoms with Gasteiger partial charge in [0, 0.05) is 44.8 Å². The van der Waals surface area contributed by atoms with Crippen LogP contribution in [0.2, 0.25) is 0 Å². The van der Waals surface area contributed by atoms with E-state index in [4.69, 9.17) is 4.42 Å². The van der Waals surface area contributed by atoms with Crippen molar-refractivity contribution >= 4 is 17.5 Å². The van der Waals surface area contributed by atoms with Crippen LogP contribution in [0.5, 0.6) is 0 Å². The molecule has 0 radical (unpaired) electrons. The molecule has 1 saturated heterocycles. The molecule has 1 aliphatic rings. The summed E-state index contributed by atoms with van der Waals surface area (Å²) in [6.45, 7) is 1.92. The standard InChI is InChI=1S/C19H20F3N3O3/c20-19(21,22)14-3-1-4-15(13-14)24-8-10-25(11-9-24)17(26)6-7-23-18(27)16-5-2-12-28-16/h1-5,12-13H,6-11H2,(H,23,27). The van der Waals surface area contributed by atoms with Gasteiger partial charge in [0.25, 0.3) is 5.91 Å². The molecular formula is C19H20F3N3O3. The number of hydrogen-bond acceptors (Lipinski definition) is 4. The molecule has 3 rings (SSSR count). The molecule has 2 amide bonds. The number of furan rings is 1. The zero-order valence-electron chi connectivity index (χ0n) is 15.0. The van der Waals surface area contributed by atoms with Crippen molar-refractivity contribution in [2.24, 2.45) is 0 Å². The maximum atomic E-state index is 12.9. The number of hydrogen-bond donors (Lipinski definition) is 1. The van der Waals surface area contributed by atoms with Gasteiger partial charge in [-0.15, -0.1) is 0 Å². The molecule has 0 bridgehead atoms. The first-order chi connectivity index (χ1) is 13.3. The number of carbonyl (C=O) groups excluding carboxylic acids is 2. The first-order valence-electron chi connectivity index (χ1n) is 8.86. The lowest BCUT2D eigenvalue weighted by atomic mass is 10.1. The van der Waals surface area contributed by atoms with Gasteiger partial charge in [0.15, 0.2) is 5.76 Å². The van der Waals surface area contributed by atoms with Crippen LogP contribution in [0.15, 0.2) is 47.1 Å². The van der Waals surface area contributed by atoms with Gasteiger partial charge in [0.2, 0.25) is 5.91 Å². The molecule has 2 heterocycles. The third kappa shape index (κ3) is 4.85. The van der Waals surface area contributed by atoms with Crippen LogP contribution >= 0.6 is 0 Å². The van der Waals surface area contributed by atoms with Crippen molar-refractivity contribution < 1.29 is 27.2 Å². The molecule has 0 unspecified atom stereocenters. The normalized spacial score (nSPS) is 14.8. The summed E-state index contributed by atoms with van der Waals surface area (Å²) in [4.78, 5) is 27.5. The Morgan fingerprint density at radius 2 is 1.82 bits per heavy atom. The lowest BCUT2D eigenvalue weighted by molar-refractivity contribution is -0.137. The van der Waals surface area contributed by atoms with Crippen molar-refractivity contribution in [3.63, 3.8) is 0 Å². The third-order valence-corrected chi connectivity index (χ3v) is 4.54. The van der Waals surface area contributed by atoms with E-state index in [2.05, 4.69) is 5.32 Å². The number of carbonyl (C=O) groups is 2. The average molecular weight is 395 g/mol. The quantitative estimate of drug-likeness (QED) is 0.846. The Morgan fingerprint density at radius 1 is 1.07 bits per heavy atom. The van der Waals surface area contributed by atoms with Gasteiger partial charge in [-0.25, -0.2) is 0 Å². The highest BCUT2D eigenvalue weighted by Gasteiger charge is 2.31. The van der Waals surface area contributed by atoms with Crippen LogP contribution in [0, 0.1) is 0 Å². The summed E-state index contributed by atoms with van der Waals surface area (Å²) in [5.41, 5.74) is -0.191. The van der Waals surface area contributed by atoms with Gasteiger partial charge in [-0.1, -0.05) is 6.07 Å². The predicted molar refractivity (Wildman–Crippen MR) is 95.9 cm³/mol. The first kappa shape index (κ1) is 19.8. The number of nitrogens with zero attached hydrogens (tertiary/aromatic N) is 2. The van der Waals surface area contributed by atoms with Crippen LogP contribution in [0.3, 0.4) is 0 Å². The summed E-state index contributed by atoms with van der Waals surface area (Å²) in [6.07, 6.45) is -2.84. The Labute approximate surface area is 159 Å². The van der Waals surface area contributed by atoms with E-state index in [1.165, 1.54) is 18.4 Å². The van der Waals surface area contributed by atoms with Gasteiger partial charge in [-0.3, -0.25) is 9.59 Å². The highest BCUT2D eigenvalue weighted by Crippen LogP contribution is 2.31. The minimum atomic E-state index is -4.38. The van der Waals surface area contributed by atoms with Crippen molar-refractivity contribution in [2.75, 3.05) is 37.6 Å². The van der Waals surface area contributed by atoms with Crippen molar-refractivity contribution in [3.8, 4) is 0 Å². The highest BCUT2D eigenvalue weighted by molar-refractivity contribution is 5.91. The van der Waals surface area contributed by atoms with E-state index >= 15 is 0 Å². The molecule has 1 N–H and O–H groups in total. The smallest absolute Gasteiger partial charge is 0.416 e. The number of rotatable bonds is 5. The van der Waals surface area contributed by atoms with Crippen LogP contribution in [-0.2, 0) is 11.0 Å². The second kappa shape index (κ2) is 8.37. The Balaban J connectivity index is 1.46. The molecule has 1 aliphatic heterocycles. The van der Waals surface area contributed by atoms with Crippen molar-refractivity contribution in [1.29, 1.82) is 0 Å². The molecule has 0 atom stereocenters. The fourth-order valence-corrected chi connectivity index (χ4v) is 3.03. The van der Waals surface area contributed by atoms with E-state index in [1.54, 1.807) is 17.0 Å². The van der Waals surface area contributed by atoms with Gasteiger partial charge in [-0.2, -0.15) is 13.2 Å². The topological polar surface area (TPSA) is 65.8 Å². The molecule has 2 aromatic rings. The molecule has 1 aromatic heterocycles. The molecule has 9 heteroatoms. The number of halogens is 3. The van der Waals surface area contributed by atoms with Crippen molar-refractivity contribution in [3.05, 3.63) is 54.0 Å². The number of nitrogens with one attached hydrogen (secondary N) is 1. The Morgan fingerprint density at radius 3 is 2.46 bits per heavy atom. The minimum absolute atomic E-state index is 0.108. The van der Waals surface area contributed by atoms with E-state index in [0.29, 0.717) is 31.9 Å². The molecule has 1 fully saturated rings. The van der Waals surface area contributed by atoms with Gasteiger partial charge in [0.05, 0.1) is 11.8 Å². The minimum Gasteiger partial charge on any atom is -0.459 e. The van der Waals surface area contributed by atoms with E-state index in [0.717, 1.165) is 12.1 Å². The first-order valence-corrected chi connectivity index (χ1v) is 8.86. The van der Waals surface area contributed by atoms with Crippen molar-refractivity contribution in [1.82, 2.24) is 10.2 Å². The molecule has 28 heavy (non-hydrogen) atoms. The van der Waals surface area contributed by atoms with Gasteiger partial charge < -0.3 is 19.5 Å². The molecule has 0 aliphatic carbocycles. The van der Waals surface area contributed by atoms with Crippen LogP contribution in [0.25, 0.3) is 0 Å². The van der Waals surface area contributed by atoms with Gasteiger partial charge in [-0.05, 0) is 30.3 Å². The summed E-state index contributed by atoms with van der Waals surface area (Å²) in [6, 6.07) is 8.32. The summed E-state index contributed by atoms with van der Waals surface area (Å²) >= 11 is 0. The average Bonchev–Trinajstić information content (AvgIpc) is 3.22. The number of amides is 2. The van der Waals surface area contributed by atoms with Crippen LogP contribution in [0.1, 0.15) is 22.5 Å². The number of anilines is 1. The molecular weight excluding hydrogens is 375 g/mol. The molecule has 1 aromatic carbocycles. The number of piperazine rings is 1. The maximum Gasteiger partial charge on any atom is 0.416 e. The maximum absolute atomic E-state index is 12.9. The fourth-order valence-electron chi connectivity index (χ4n) is 3.03. The van der Waals surface area contributed by atoms with E-state index < -0.39 is 11.7 Å². The molecule has 6 nitrogen and oxygen atoms in total. The lowest BCUT2D eigenvalue weighted by Gasteiger charge is -2.36. The Kier molecular flexibility index (Phi) is 5.91. The van der Waals surface area contributed by atoms with Crippen LogP contribution < -0.4 is 10.2 Å². The molecule has 0 spiro atoms. The third-order valence-electron chi connectivity index (χ3n) is 4.54. The molecule has 150 valence electrons. The van der Waals surface area contributed by atoms with Crippen LogP contribution in [-0.4, -0.2) is 49.4 Å². The number of benzene rings is 1.